The summed E-state index contributed by atoms with van der Waals surface area (Å²) in [5.74, 6) is 0.339. The summed E-state index contributed by atoms with van der Waals surface area (Å²) < 4.78 is 48.0. The van der Waals surface area contributed by atoms with Crippen molar-refractivity contribution < 1.29 is 17.2 Å². The van der Waals surface area contributed by atoms with Gasteiger partial charge in [0.1, 0.15) is 17.3 Å². The Kier molecular flexibility index (Phi) is 4.86. The number of aryl methyl sites for hydroxylation is 1. The summed E-state index contributed by atoms with van der Waals surface area (Å²) in [7, 11) is -3.96. The highest BCUT2D eigenvalue weighted by Crippen LogP contribution is 2.31. The van der Waals surface area contributed by atoms with Crippen molar-refractivity contribution in [3.63, 3.8) is 0 Å². The molecule has 2 aromatic carbocycles. The van der Waals surface area contributed by atoms with E-state index in [1.807, 2.05) is 26.8 Å². The van der Waals surface area contributed by atoms with Gasteiger partial charge in [0.15, 0.2) is 0 Å². The van der Waals surface area contributed by atoms with Gasteiger partial charge in [0.25, 0.3) is 10.0 Å². The molecule has 0 unspecified atom stereocenters. The van der Waals surface area contributed by atoms with E-state index in [0.717, 1.165) is 11.6 Å². The van der Waals surface area contributed by atoms with Crippen molar-refractivity contribution in [3.05, 3.63) is 71.7 Å². The third kappa shape index (κ3) is 4.06. The highest BCUT2D eigenvalue weighted by Gasteiger charge is 2.23. The van der Waals surface area contributed by atoms with Gasteiger partial charge in [-0.15, -0.1) is 0 Å². The molecule has 0 saturated carbocycles. The van der Waals surface area contributed by atoms with Gasteiger partial charge in [-0.2, -0.15) is 0 Å². The van der Waals surface area contributed by atoms with Crippen molar-refractivity contribution in [1.82, 2.24) is 0 Å². The van der Waals surface area contributed by atoms with Gasteiger partial charge in [-0.3, -0.25) is 4.72 Å². The van der Waals surface area contributed by atoms with Crippen molar-refractivity contribution in [2.24, 2.45) is 0 Å². The Labute approximate surface area is 159 Å². The molecular formula is C21H21FNO3S. The van der Waals surface area contributed by atoms with E-state index >= 15 is 0 Å². The molecule has 4 nitrogen and oxygen atoms in total. The molecule has 1 aromatic heterocycles. The Bertz CT molecular complexity index is 1080. The number of sulfonamides is 1. The van der Waals surface area contributed by atoms with Crippen molar-refractivity contribution in [1.29, 1.82) is 0 Å². The second-order valence-electron chi connectivity index (χ2n) is 7.37. The molecule has 0 fully saturated rings. The molecule has 1 N–H and O–H groups in total. The zero-order chi connectivity index (χ0) is 19.8. The Morgan fingerprint density at radius 2 is 1.85 bits per heavy atom. The number of nitrogens with one attached hydrogen (secondary N) is 1. The summed E-state index contributed by atoms with van der Waals surface area (Å²) in [5.41, 5.74) is 1.10. The van der Waals surface area contributed by atoms with Gasteiger partial charge in [-0.1, -0.05) is 39.0 Å². The lowest BCUT2D eigenvalue weighted by molar-refractivity contribution is 0.540. The molecule has 0 amide bonds. The summed E-state index contributed by atoms with van der Waals surface area (Å²) in [6.45, 7) is 7.70. The number of furan rings is 1. The van der Waals surface area contributed by atoms with Crippen LogP contribution < -0.4 is 4.72 Å². The molecule has 0 aliphatic heterocycles. The van der Waals surface area contributed by atoms with Gasteiger partial charge in [0, 0.05) is 6.07 Å². The third-order valence-electron chi connectivity index (χ3n) is 4.16. The van der Waals surface area contributed by atoms with Crippen LogP contribution in [0.15, 0.2) is 57.8 Å². The van der Waals surface area contributed by atoms with E-state index in [-0.39, 0.29) is 15.9 Å². The molecule has 141 valence electrons. The van der Waals surface area contributed by atoms with Crippen LogP contribution in [0.25, 0.3) is 11.3 Å². The monoisotopic (exact) mass is 386 g/mol. The average molecular weight is 386 g/mol. The lowest BCUT2D eigenvalue weighted by Gasteiger charge is -2.23. The lowest BCUT2D eigenvalue weighted by atomic mass is 9.86. The molecule has 1 heterocycles. The number of hydrogen-bond donors (Lipinski definition) is 1. The second kappa shape index (κ2) is 6.85. The number of benzene rings is 2. The van der Waals surface area contributed by atoms with Crippen LogP contribution in [0.1, 0.15) is 32.1 Å². The number of rotatable bonds is 4. The van der Waals surface area contributed by atoms with E-state index in [1.165, 1.54) is 12.1 Å². The Morgan fingerprint density at radius 3 is 2.44 bits per heavy atom. The predicted molar refractivity (Wildman–Crippen MR) is 104 cm³/mol. The smallest absolute Gasteiger partial charge is 0.262 e. The molecule has 0 aliphatic carbocycles. The minimum atomic E-state index is -3.96. The zero-order valence-corrected chi connectivity index (χ0v) is 16.4. The van der Waals surface area contributed by atoms with E-state index in [1.54, 1.807) is 31.2 Å². The standard InChI is InChI=1S/C21H21FNO3S/c1-14-9-12-20(26-14)16-11-10-15(13-18(16)22)27(24,25)23-19-8-6-5-7-17(19)21(2,3)4/h5-7,9-13,23H,1-4H3. The molecule has 0 aliphatic rings. The fourth-order valence-electron chi connectivity index (χ4n) is 2.78. The van der Waals surface area contributed by atoms with Crippen LogP contribution in [0, 0.1) is 18.8 Å². The van der Waals surface area contributed by atoms with E-state index in [0.29, 0.717) is 17.2 Å². The van der Waals surface area contributed by atoms with Crippen LogP contribution >= 0.6 is 0 Å². The van der Waals surface area contributed by atoms with Gasteiger partial charge in [0.2, 0.25) is 0 Å². The van der Waals surface area contributed by atoms with Crippen molar-refractivity contribution in [3.8, 4) is 11.3 Å². The number of para-hydroxylation sites is 1. The van der Waals surface area contributed by atoms with Crippen LogP contribution in [0.5, 0.6) is 0 Å². The van der Waals surface area contributed by atoms with E-state index in [4.69, 9.17) is 4.42 Å². The highest BCUT2D eigenvalue weighted by atomic mass is 32.2. The molecule has 3 aromatic rings. The fourth-order valence-corrected chi connectivity index (χ4v) is 3.84. The minimum Gasteiger partial charge on any atom is -0.461 e. The topological polar surface area (TPSA) is 59.3 Å². The van der Waals surface area contributed by atoms with Gasteiger partial charge in [-0.05, 0) is 48.2 Å². The Balaban J connectivity index is 1.96. The maximum Gasteiger partial charge on any atom is 0.262 e. The second-order valence-corrected chi connectivity index (χ2v) is 9.05. The first-order valence-corrected chi connectivity index (χ1v) is 9.96. The Hall–Kier alpha value is -2.60. The van der Waals surface area contributed by atoms with Gasteiger partial charge in [0.05, 0.1) is 16.1 Å². The molecule has 6 heteroatoms. The largest absolute Gasteiger partial charge is 0.461 e. The number of halogens is 1. The number of anilines is 1. The molecule has 1 radical (unpaired) electrons. The van der Waals surface area contributed by atoms with Crippen LogP contribution in [-0.4, -0.2) is 8.42 Å². The van der Waals surface area contributed by atoms with Crippen LogP contribution in [0.3, 0.4) is 0 Å². The maximum absolute atomic E-state index is 14.5. The molecule has 0 bridgehead atoms. The SMILES string of the molecule is Cc1ccc(-c2ccc(S(=O)(=O)Nc3[c]cccc3C(C)(C)C)cc2F)o1. The normalized spacial score (nSPS) is 12.2. The molecule has 3 rings (SSSR count). The van der Waals surface area contributed by atoms with Gasteiger partial charge in [-0.25, -0.2) is 12.8 Å². The summed E-state index contributed by atoms with van der Waals surface area (Å²) in [6.07, 6.45) is 0. The molecule has 27 heavy (non-hydrogen) atoms. The predicted octanol–water partition coefficient (Wildman–Crippen LogP) is 5.29. The molecular weight excluding hydrogens is 365 g/mol. The quantitative estimate of drug-likeness (QED) is 0.662. The zero-order valence-electron chi connectivity index (χ0n) is 15.6. The van der Waals surface area contributed by atoms with Crippen molar-refractivity contribution in [2.75, 3.05) is 4.72 Å². The summed E-state index contributed by atoms with van der Waals surface area (Å²) in [4.78, 5) is -0.163. The Morgan fingerprint density at radius 1 is 1.11 bits per heavy atom. The maximum atomic E-state index is 14.5. The van der Waals surface area contributed by atoms with E-state index < -0.39 is 15.8 Å². The first kappa shape index (κ1) is 19.2. The van der Waals surface area contributed by atoms with Crippen molar-refractivity contribution in [2.45, 2.75) is 38.0 Å². The summed E-state index contributed by atoms with van der Waals surface area (Å²) >= 11 is 0. The fraction of sp³-hybridized carbons (Fsp3) is 0.238. The minimum absolute atomic E-state index is 0.163. The number of hydrogen-bond acceptors (Lipinski definition) is 3. The van der Waals surface area contributed by atoms with Gasteiger partial charge >= 0.3 is 0 Å². The molecule has 0 spiro atoms. The highest BCUT2D eigenvalue weighted by molar-refractivity contribution is 7.92. The van der Waals surface area contributed by atoms with Crippen molar-refractivity contribution >= 4 is 15.7 Å². The summed E-state index contributed by atoms with van der Waals surface area (Å²) in [6, 6.07) is 15.3. The van der Waals surface area contributed by atoms with Crippen LogP contribution in [0.4, 0.5) is 10.1 Å². The third-order valence-corrected chi connectivity index (χ3v) is 5.50. The van der Waals surface area contributed by atoms with E-state index in [2.05, 4.69) is 10.8 Å². The van der Waals surface area contributed by atoms with Gasteiger partial charge < -0.3 is 4.42 Å². The van der Waals surface area contributed by atoms with E-state index in [9.17, 15) is 12.8 Å². The lowest BCUT2D eigenvalue weighted by Crippen LogP contribution is -2.19. The first-order valence-electron chi connectivity index (χ1n) is 8.48. The first-order chi connectivity index (χ1) is 12.6. The van der Waals surface area contributed by atoms with Crippen LogP contribution in [-0.2, 0) is 15.4 Å². The van der Waals surface area contributed by atoms with Crippen LogP contribution in [0.2, 0.25) is 0 Å². The average Bonchev–Trinajstić information content (AvgIpc) is 3.00. The molecule has 0 saturated heterocycles. The summed E-state index contributed by atoms with van der Waals surface area (Å²) in [5, 5.41) is 0. The molecule has 0 atom stereocenters.